The molecule has 8 nitrogen and oxygen atoms in total. The van der Waals surface area contributed by atoms with E-state index < -0.39 is 27.9 Å². The van der Waals surface area contributed by atoms with Crippen molar-refractivity contribution >= 4 is 27.5 Å². The van der Waals surface area contributed by atoms with Gasteiger partial charge in [0.15, 0.2) is 6.10 Å². The summed E-state index contributed by atoms with van der Waals surface area (Å²) in [5.41, 5.74) is 1.21. The fourth-order valence-electron chi connectivity index (χ4n) is 2.20. The Morgan fingerprint density at radius 2 is 1.80 bits per heavy atom. The van der Waals surface area contributed by atoms with Gasteiger partial charge in [0.25, 0.3) is 0 Å². The molecule has 0 saturated carbocycles. The second kappa shape index (κ2) is 7.06. The van der Waals surface area contributed by atoms with Crippen LogP contribution in [-0.2, 0) is 14.8 Å². The average molecular weight is 366 g/mol. The number of hydrogen-bond acceptors (Lipinski definition) is 7. The van der Waals surface area contributed by atoms with Gasteiger partial charge in [0.2, 0.25) is 15.8 Å². The summed E-state index contributed by atoms with van der Waals surface area (Å²) in [6, 6.07) is 5.82. The summed E-state index contributed by atoms with van der Waals surface area (Å²) in [6.45, 7) is 4.64. The number of anilines is 1. The predicted molar refractivity (Wildman–Crippen MR) is 90.1 cm³/mol. The molecule has 1 aromatic heterocycles. The SMILES string of the molecule is Cc1noc(C)c1C(=O)O[C@@H](C)C(=O)c1ccc(NS(C)(=O)=O)cc1. The second-order valence-electron chi connectivity index (χ2n) is 5.56. The third-order valence-electron chi connectivity index (χ3n) is 3.36. The molecule has 0 aliphatic heterocycles. The zero-order valence-corrected chi connectivity index (χ0v) is 15.0. The summed E-state index contributed by atoms with van der Waals surface area (Å²) in [6.07, 6.45) is 0.0115. The van der Waals surface area contributed by atoms with Gasteiger partial charge in [-0.3, -0.25) is 9.52 Å². The van der Waals surface area contributed by atoms with Crippen LogP contribution >= 0.6 is 0 Å². The van der Waals surface area contributed by atoms with Crippen LogP contribution in [0.2, 0.25) is 0 Å². The van der Waals surface area contributed by atoms with Gasteiger partial charge in [-0.1, -0.05) is 5.16 Å². The molecule has 0 aliphatic carbocycles. The van der Waals surface area contributed by atoms with Crippen molar-refractivity contribution in [3.05, 3.63) is 46.8 Å². The topological polar surface area (TPSA) is 116 Å². The highest BCUT2D eigenvalue weighted by molar-refractivity contribution is 7.92. The molecule has 0 fully saturated rings. The number of aromatic nitrogens is 1. The normalized spacial score (nSPS) is 12.5. The summed E-state index contributed by atoms with van der Waals surface area (Å²) in [5.74, 6) is -0.781. The van der Waals surface area contributed by atoms with Gasteiger partial charge in [-0.15, -0.1) is 0 Å². The molecule has 1 heterocycles. The smallest absolute Gasteiger partial charge is 0.344 e. The average Bonchev–Trinajstić information content (AvgIpc) is 2.84. The molecule has 25 heavy (non-hydrogen) atoms. The third-order valence-corrected chi connectivity index (χ3v) is 3.97. The van der Waals surface area contributed by atoms with E-state index in [0.717, 1.165) is 6.26 Å². The highest BCUT2D eigenvalue weighted by Crippen LogP contribution is 2.17. The molecule has 2 rings (SSSR count). The van der Waals surface area contributed by atoms with Crippen LogP contribution in [0.3, 0.4) is 0 Å². The number of nitrogens with zero attached hydrogens (tertiary/aromatic N) is 1. The van der Waals surface area contributed by atoms with Crippen LogP contribution in [0, 0.1) is 13.8 Å². The van der Waals surface area contributed by atoms with Gasteiger partial charge in [-0.05, 0) is 45.0 Å². The van der Waals surface area contributed by atoms with Crippen LogP contribution in [0.4, 0.5) is 5.69 Å². The van der Waals surface area contributed by atoms with E-state index in [1.54, 1.807) is 13.8 Å². The van der Waals surface area contributed by atoms with E-state index in [1.807, 2.05) is 0 Å². The van der Waals surface area contributed by atoms with E-state index in [9.17, 15) is 18.0 Å². The molecule has 0 amide bonds. The first-order chi connectivity index (χ1) is 11.6. The van der Waals surface area contributed by atoms with Crippen molar-refractivity contribution in [2.75, 3.05) is 11.0 Å². The van der Waals surface area contributed by atoms with Crippen molar-refractivity contribution in [2.24, 2.45) is 0 Å². The lowest BCUT2D eigenvalue weighted by atomic mass is 10.1. The Kier molecular flexibility index (Phi) is 5.27. The summed E-state index contributed by atoms with van der Waals surface area (Å²) in [5, 5.41) is 3.67. The Labute approximate surface area is 145 Å². The maximum atomic E-state index is 12.4. The number of rotatable bonds is 6. The van der Waals surface area contributed by atoms with E-state index in [1.165, 1.54) is 31.2 Å². The molecule has 0 radical (unpaired) electrons. The summed E-state index contributed by atoms with van der Waals surface area (Å²) in [4.78, 5) is 24.5. The molecule has 134 valence electrons. The van der Waals surface area contributed by atoms with E-state index in [4.69, 9.17) is 9.26 Å². The molecule has 1 aromatic carbocycles. The number of esters is 1. The van der Waals surface area contributed by atoms with Crippen LogP contribution < -0.4 is 4.72 Å². The molecular weight excluding hydrogens is 348 g/mol. The fourth-order valence-corrected chi connectivity index (χ4v) is 2.76. The Bertz CT molecular complexity index is 880. The Hall–Kier alpha value is -2.68. The molecule has 1 N–H and O–H groups in total. The first-order valence-electron chi connectivity index (χ1n) is 7.34. The van der Waals surface area contributed by atoms with Crippen LogP contribution in [-0.4, -0.2) is 37.7 Å². The highest BCUT2D eigenvalue weighted by Gasteiger charge is 2.24. The quantitative estimate of drug-likeness (QED) is 0.615. The molecule has 0 aliphatic rings. The van der Waals surface area contributed by atoms with E-state index in [2.05, 4.69) is 9.88 Å². The maximum absolute atomic E-state index is 12.4. The van der Waals surface area contributed by atoms with Crippen molar-refractivity contribution in [2.45, 2.75) is 26.9 Å². The van der Waals surface area contributed by atoms with Gasteiger partial charge in [0.05, 0.1) is 11.9 Å². The number of sulfonamides is 1. The van der Waals surface area contributed by atoms with Crippen molar-refractivity contribution in [1.82, 2.24) is 5.16 Å². The molecule has 0 unspecified atom stereocenters. The lowest BCUT2D eigenvalue weighted by molar-refractivity contribution is 0.0316. The second-order valence-corrected chi connectivity index (χ2v) is 7.31. The first kappa shape index (κ1) is 18.7. The van der Waals surface area contributed by atoms with Gasteiger partial charge in [-0.2, -0.15) is 0 Å². The number of carbonyl (C=O) groups excluding carboxylic acids is 2. The zero-order chi connectivity index (χ0) is 18.8. The van der Waals surface area contributed by atoms with E-state index >= 15 is 0 Å². The van der Waals surface area contributed by atoms with Crippen molar-refractivity contribution in [3.8, 4) is 0 Å². The standard InChI is InChI=1S/C16H18N2O6S/c1-9-14(10(2)24-17-9)16(20)23-11(3)15(19)12-5-7-13(8-6-12)18-25(4,21)22/h5-8,11,18H,1-4H3/t11-/m0/s1. The molecule has 0 spiro atoms. The number of nitrogens with one attached hydrogen (secondary N) is 1. The summed E-state index contributed by atoms with van der Waals surface area (Å²) < 4.78 is 34.7. The largest absolute Gasteiger partial charge is 0.451 e. The van der Waals surface area contributed by atoms with Gasteiger partial charge in [0, 0.05) is 11.3 Å². The summed E-state index contributed by atoms with van der Waals surface area (Å²) in [7, 11) is -3.39. The van der Waals surface area contributed by atoms with Crippen molar-refractivity contribution in [1.29, 1.82) is 0 Å². The summed E-state index contributed by atoms with van der Waals surface area (Å²) >= 11 is 0. The number of Topliss-reactive ketones (excluding diaryl/α,β-unsaturated/α-hetero) is 1. The van der Waals surface area contributed by atoms with E-state index in [-0.39, 0.29) is 11.1 Å². The minimum Gasteiger partial charge on any atom is -0.451 e. The highest BCUT2D eigenvalue weighted by atomic mass is 32.2. The van der Waals surface area contributed by atoms with Gasteiger partial charge in [0.1, 0.15) is 11.3 Å². The number of ether oxygens (including phenoxy) is 1. The van der Waals surface area contributed by atoms with Crippen molar-refractivity contribution in [3.63, 3.8) is 0 Å². The van der Waals surface area contributed by atoms with Gasteiger partial charge >= 0.3 is 5.97 Å². The number of hydrogen-bond donors (Lipinski definition) is 1. The Balaban J connectivity index is 2.08. The zero-order valence-electron chi connectivity index (χ0n) is 14.2. The lowest BCUT2D eigenvalue weighted by Crippen LogP contribution is -2.25. The number of aryl methyl sites for hydroxylation is 2. The Morgan fingerprint density at radius 3 is 2.28 bits per heavy atom. The minimum atomic E-state index is -3.39. The lowest BCUT2D eigenvalue weighted by Gasteiger charge is -2.12. The number of carbonyl (C=O) groups is 2. The molecule has 0 bridgehead atoms. The van der Waals surface area contributed by atoms with Crippen molar-refractivity contribution < 1.29 is 27.3 Å². The third kappa shape index (κ3) is 4.66. The van der Waals surface area contributed by atoms with Crippen LogP contribution in [0.5, 0.6) is 0 Å². The maximum Gasteiger partial charge on any atom is 0.344 e. The van der Waals surface area contributed by atoms with E-state index in [0.29, 0.717) is 17.1 Å². The molecule has 0 saturated heterocycles. The molecule has 2 aromatic rings. The number of ketones is 1. The predicted octanol–water partition coefficient (Wildman–Crippen LogP) is 2.09. The molecular formula is C16H18N2O6S. The monoisotopic (exact) mass is 366 g/mol. The number of benzene rings is 1. The van der Waals surface area contributed by atoms with Gasteiger partial charge in [-0.25, -0.2) is 13.2 Å². The Morgan fingerprint density at radius 1 is 1.20 bits per heavy atom. The van der Waals surface area contributed by atoms with Gasteiger partial charge < -0.3 is 9.26 Å². The molecule has 1 atom stereocenters. The molecule has 9 heteroatoms. The van der Waals surface area contributed by atoms with Crippen LogP contribution in [0.25, 0.3) is 0 Å². The minimum absolute atomic E-state index is 0.201. The van der Waals surface area contributed by atoms with Crippen LogP contribution in [0.15, 0.2) is 28.8 Å². The van der Waals surface area contributed by atoms with Crippen LogP contribution in [0.1, 0.15) is 39.1 Å². The fraction of sp³-hybridized carbons (Fsp3) is 0.312. The first-order valence-corrected chi connectivity index (χ1v) is 9.23.